The van der Waals surface area contributed by atoms with Crippen molar-refractivity contribution in [2.45, 2.75) is 25.7 Å². The summed E-state index contributed by atoms with van der Waals surface area (Å²) in [6, 6.07) is 0. The highest BCUT2D eigenvalue weighted by atomic mass is 16.4. The van der Waals surface area contributed by atoms with Crippen LogP contribution in [0, 0.1) is 0 Å². The SMILES string of the molecule is O=c1[nH]nc(CCCCc2n[nH]c(=O)o2)o1. The van der Waals surface area contributed by atoms with Crippen LogP contribution in [-0.2, 0) is 12.8 Å². The Bertz CT molecular complexity index is 498. The molecule has 0 fully saturated rings. The first kappa shape index (κ1) is 10.4. The van der Waals surface area contributed by atoms with Crippen molar-refractivity contribution in [3.05, 3.63) is 32.9 Å². The Morgan fingerprint density at radius 1 is 0.875 bits per heavy atom. The van der Waals surface area contributed by atoms with Crippen molar-refractivity contribution >= 4 is 0 Å². The van der Waals surface area contributed by atoms with E-state index in [1.165, 1.54) is 0 Å². The van der Waals surface area contributed by atoms with E-state index in [4.69, 9.17) is 8.83 Å². The Morgan fingerprint density at radius 3 is 1.62 bits per heavy atom. The minimum atomic E-state index is -0.548. The first-order valence-electron chi connectivity index (χ1n) is 4.83. The topological polar surface area (TPSA) is 118 Å². The number of aromatic nitrogens is 4. The van der Waals surface area contributed by atoms with E-state index in [0.29, 0.717) is 24.6 Å². The third kappa shape index (κ3) is 2.69. The molecule has 2 N–H and O–H groups in total. The van der Waals surface area contributed by atoms with Crippen LogP contribution >= 0.6 is 0 Å². The molecule has 16 heavy (non-hydrogen) atoms. The molecule has 2 rings (SSSR count). The number of H-pyrrole nitrogens is 2. The molecule has 2 heterocycles. The van der Waals surface area contributed by atoms with E-state index < -0.39 is 11.5 Å². The van der Waals surface area contributed by atoms with Crippen molar-refractivity contribution in [3.63, 3.8) is 0 Å². The predicted octanol–water partition coefficient (Wildman–Crippen LogP) is -0.395. The molecular weight excluding hydrogens is 216 g/mol. The summed E-state index contributed by atoms with van der Waals surface area (Å²) in [6.45, 7) is 0. The van der Waals surface area contributed by atoms with Crippen molar-refractivity contribution in [3.8, 4) is 0 Å². The number of nitrogens with one attached hydrogen (secondary N) is 2. The van der Waals surface area contributed by atoms with Gasteiger partial charge < -0.3 is 8.83 Å². The van der Waals surface area contributed by atoms with E-state index in [1.54, 1.807) is 0 Å². The largest absolute Gasteiger partial charge is 0.434 e. The zero-order valence-corrected chi connectivity index (χ0v) is 8.36. The molecule has 0 amide bonds. The lowest BCUT2D eigenvalue weighted by atomic mass is 10.2. The summed E-state index contributed by atoms with van der Waals surface area (Å²) in [7, 11) is 0. The van der Waals surface area contributed by atoms with Crippen LogP contribution in [0.3, 0.4) is 0 Å². The lowest BCUT2D eigenvalue weighted by Gasteiger charge is -1.93. The molecule has 0 aromatic carbocycles. The Hall–Kier alpha value is -2.12. The van der Waals surface area contributed by atoms with E-state index in [2.05, 4.69) is 20.4 Å². The number of hydrogen-bond donors (Lipinski definition) is 2. The maximum Gasteiger partial charge on any atom is 0.434 e. The third-order valence-corrected chi connectivity index (χ3v) is 2.00. The van der Waals surface area contributed by atoms with Gasteiger partial charge >= 0.3 is 11.5 Å². The molecule has 86 valence electrons. The van der Waals surface area contributed by atoms with Crippen molar-refractivity contribution in [1.82, 2.24) is 20.4 Å². The van der Waals surface area contributed by atoms with Gasteiger partial charge in [-0.25, -0.2) is 19.8 Å². The zero-order chi connectivity index (χ0) is 11.4. The fraction of sp³-hybridized carbons (Fsp3) is 0.500. The molecule has 0 radical (unpaired) electrons. The molecule has 0 saturated heterocycles. The first-order valence-corrected chi connectivity index (χ1v) is 4.83. The van der Waals surface area contributed by atoms with Gasteiger partial charge in [-0.2, -0.15) is 0 Å². The smallest absolute Gasteiger partial charge is 0.393 e. The van der Waals surface area contributed by atoms with Gasteiger partial charge in [0, 0.05) is 12.8 Å². The van der Waals surface area contributed by atoms with Gasteiger partial charge in [-0.05, 0) is 12.8 Å². The Kier molecular flexibility index (Phi) is 2.99. The monoisotopic (exact) mass is 226 g/mol. The number of aromatic amines is 2. The van der Waals surface area contributed by atoms with Crippen LogP contribution in [0.1, 0.15) is 24.6 Å². The summed E-state index contributed by atoms with van der Waals surface area (Å²) < 4.78 is 9.44. The minimum absolute atomic E-state index is 0.383. The van der Waals surface area contributed by atoms with Gasteiger partial charge in [-0.3, -0.25) is 0 Å². The predicted molar refractivity (Wildman–Crippen MR) is 50.9 cm³/mol. The second-order valence-corrected chi connectivity index (χ2v) is 3.22. The van der Waals surface area contributed by atoms with Crippen LogP contribution in [0.4, 0.5) is 0 Å². The minimum Gasteiger partial charge on any atom is -0.393 e. The summed E-state index contributed by atoms with van der Waals surface area (Å²) in [5, 5.41) is 11.7. The zero-order valence-electron chi connectivity index (χ0n) is 8.36. The Labute approximate surface area is 88.7 Å². The van der Waals surface area contributed by atoms with E-state index in [-0.39, 0.29) is 0 Å². The van der Waals surface area contributed by atoms with Crippen molar-refractivity contribution in [2.75, 3.05) is 0 Å². The maximum atomic E-state index is 10.6. The van der Waals surface area contributed by atoms with Gasteiger partial charge in [0.05, 0.1) is 0 Å². The molecular formula is C8H10N4O4. The highest BCUT2D eigenvalue weighted by molar-refractivity contribution is 4.76. The normalized spacial score (nSPS) is 10.8. The van der Waals surface area contributed by atoms with Crippen LogP contribution < -0.4 is 11.5 Å². The van der Waals surface area contributed by atoms with Gasteiger partial charge in [-0.15, -0.1) is 10.2 Å². The molecule has 0 spiro atoms. The molecule has 8 nitrogen and oxygen atoms in total. The van der Waals surface area contributed by atoms with Gasteiger partial charge in [0.25, 0.3) is 0 Å². The summed E-state index contributed by atoms with van der Waals surface area (Å²) in [6.07, 6.45) is 2.66. The lowest BCUT2D eigenvalue weighted by Crippen LogP contribution is -1.94. The number of unbranched alkanes of at least 4 members (excludes halogenated alkanes) is 1. The van der Waals surface area contributed by atoms with Gasteiger partial charge in [0.2, 0.25) is 11.8 Å². The maximum absolute atomic E-state index is 10.6. The van der Waals surface area contributed by atoms with Crippen LogP contribution in [0.2, 0.25) is 0 Å². The molecule has 0 saturated carbocycles. The van der Waals surface area contributed by atoms with Crippen molar-refractivity contribution < 1.29 is 8.83 Å². The van der Waals surface area contributed by atoms with Gasteiger partial charge in [-0.1, -0.05) is 0 Å². The number of nitrogens with zero attached hydrogens (tertiary/aromatic N) is 2. The molecule has 0 aliphatic rings. The van der Waals surface area contributed by atoms with Crippen LogP contribution in [-0.4, -0.2) is 20.4 Å². The molecule has 0 bridgehead atoms. The summed E-state index contributed by atoms with van der Waals surface area (Å²) in [5.41, 5.74) is 0. The van der Waals surface area contributed by atoms with Crippen LogP contribution in [0.15, 0.2) is 18.4 Å². The van der Waals surface area contributed by atoms with E-state index in [1.807, 2.05) is 0 Å². The number of aryl methyl sites for hydroxylation is 2. The second-order valence-electron chi connectivity index (χ2n) is 3.22. The number of hydrogen-bond acceptors (Lipinski definition) is 6. The standard InChI is InChI=1S/C8H10N4O4/c13-7-11-9-5(15-7)3-1-2-4-6-10-12-8(14)16-6/h1-4H2,(H,11,13)(H,12,14). The van der Waals surface area contributed by atoms with Gasteiger partial charge in [0.1, 0.15) is 0 Å². The van der Waals surface area contributed by atoms with Crippen LogP contribution in [0.25, 0.3) is 0 Å². The molecule has 2 aromatic rings. The fourth-order valence-corrected chi connectivity index (χ4v) is 1.29. The van der Waals surface area contributed by atoms with Crippen molar-refractivity contribution in [2.24, 2.45) is 0 Å². The molecule has 8 heteroatoms. The summed E-state index contributed by atoms with van der Waals surface area (Å²) >= 11 is 0. The second kappa shape index (κ2) is 4.60. The number of rotatable bonds is 5. The molecule has 0 aliphatic carbocycles. The Morgan fingerprint density at radius 2 is 1.31 bits per heavy atom. The average Bonchev–Trinajstić information content (AvgIpc) is 2.83. The van der Waals surface area contributed by atoms with Crippen LogP contribution in [0.5, 0.6) is 0 Å². The van der Waals surface area contributed by atoms with E-state index in [0.717, 1.165) is 12.8 Å². The van der Waals surface area contributed by atoms with E-state index >= 15 is 0 Å². The highest BCUT2D eigenvalue weighted by Gasteiger charge is 2.03. The quantitative estimate of drug-likeness (QED) is 0.670. The van der Waals surface area contributed by atoms with Gasteiger partial charge in [0.15, 0.2) is 0 Å². The summed E-state index contributed by atoms with van der Waals surface area (Å²) in [5.74, 6) is -0.330. The molecule has 0 aliphatic heterocycles. The Balaban J connectivity index is 1.73. The van der Waals surface area contributed by atoms with Crippen molar-refractivity contribution in [1.29, 1.82) is 0 Å². The first-order chi connectivity index (χ1) is 7.74. The molecule has 2 aromatic heterocycles. The lowest BCUT2D eigenvalue weighted by molar-refractivity contribution is 0.436. The summed E-state index contributed by atoms with van der Waals surface area (Å²) in [4.78, 5) is 21.2. The highest BCUT2D eigenvalue weighted by Crippen LogP contribution is 2.03. The molecule has 0 unspecified atom stereocenters. The third-order valence-electron chi connectivity index (χ3n) is 2.00. The fourth-order valence-electron chi connectivity index (χ4n) is 1.29. The molecule has 0 atom stereocenters. The average molecular weight is 226 g/mol. The van der Waals surface area contributed by atoms with E-state index in [9.17, 15) is 9.59 Å².